The van der Waals surface area contributed by atoms with Crippen molar-refractivity contribution in [2.75, 3.05) is 0 Å². The number of aliphatic hydroxyl groups excluding tert-OH is 1. The van der Waals surface area contributed by atoms with Gasteiger partial charge >= 0.3 is 0 Å². The second-order valence-corrected chi connectivity index (χ2v) is 4.33. The van der Waals surface area contributed by atoms with Crippen LogP contribution in [-0.4, -0.2) is 25.4 Å². The van der Waals surface area contributed by atoms with E-state index in [1.165, 1.54) is 6.26 Å². The molecule has 0 amide bonds. The standard InChI is InChI=1S/C4H10O3Si2/c1-2-6-4(5)3-9-7-8/h2-3,5H,1,9H2,8H3. The first-order valence-corrected chi connectivity index (χ1v) is 4.68. The van der Waals surface area contributed by atoms with Crippen molar-refractivity contribution in [2.24, 2.45) is 0 Å². The van der Waals surface area contributed by atoms with Crippen LogP contribution in [0.2, 0.25) is 0 Å². The molecule has 0 aromatic heterocycles. The smallest absolute Gasteiger partial charge is 0.274 e. The summed E-state index contributed by atoms with van der Waals surface area (Å²) in [6, 6.07) is 0. The average Bonchev–Trinajstić information content (AvgIpc) is 1.85. The molecule has 0 atom stereocenters. The molecule has 1 N–H and O–H groups in total. The molecule has 0 aliphatic rings. The van der Waals surface area contributed by atoms with Crippen LogP contribution in [0.3, 0.4) is 0 Å². The Balaban J connectivity index is 3.42. The highest BCUT2D eigenvalue weighted by atomic mass is 28.3. The summed E-state index contributed by atoms with van der Waals surface area (Å²) in [7, 11) is 0.0541. The van der Waals surface area contributed by atoms with Gasteiger partial charge in [0.05, 0.1) is 6.26 Å². The zero-order chi connectivity index (χ0) is 7.11. The van der Waals surface area contributed by atoms with Gasteiger partial charge in [-0.25, -0.2) is 0 Å². The van der Waals surface area contributed by atoms with Crippen molar-refractivity contribution in [1.29, 1.82) is 0 Å². The summed E-state index contributed by atoms with van der Waals surface area (Å²) in [5.41, 5.74) is 1.56. The van der Waals surface area contributed by atoms with Crippen LogP contribution < -0.4 is 0 Å². The fourth-order valence-electron chi connectivity index (χ4n) is 0.288. The van der Waals surface area contributed by atoms with E-state index in [0.29, 0.717) is 0 Å². The predicted molar refractivity (Wildman–Crippen MR) is 41.6 cm³/mol. The van der Waals surface area contributed by atoms with E-state index < -0.39 is 9.76 Å². The van der Waals surface area contributed by atoms with Crippen LogP contribution >= 0.6 is 0 Å². The van der Waals surface area contributed by atoms with Gasteiger partial charge in [0, 0.05) is 5.70 Å². The van der Waals surface area contributed by atoms with E-state index in [4.69, 9.17) is 9.22 Å². The molecule has 0 rings (SSSR count). The third-order valence-corrected chi connectivity index (χ3v) is 2.48. The highest BCUT2D eigenvalue weighted by Gasteiger charge is 1.86. The van der Waals surface area contributed by atoms with Gasteiger partial charge in [0.25, 0.3) is 5.95 Å². The third-order valence-electron chi connectivity index (χ3n) is 0.629. The summed E-state index contributed by atoms with van der Waals surface area (Å²) >= 11 is 0. The topological polar surface area (TPSA) is 38.7 Å². The van der Waals surface area contributed by atoms with Crippen molar-refractivity contribution in [2.45, 2.75) is 0 Å². The lowest BCUT2D eigenvalue weighted by atomic mass is 11.0. The minimum Gasteiger partial charge on any atom is -0.481 e. The highest BCUT2D eigenvalue weighted by molar-refractivity contribution is 6.40. The first-order chi connectivity index (χ1) is 4.31. The lowest BCUT2D eigenvalue weighted by Crippen LogP contribution is -1.93. The van der Waals surface area contributed by atoms with Crippen LogP contribution in [0, 0.1) is 0 Å². The summed E-state index contributed by atoms with van der Waals surface area (Å²) in [5, 5.41) is 8.72. The fraction of sp³-hybridized carbons (Fsp3) is 0. The molecule has 0 saturated carbocycles. The fourth-order valence-corrected chi connectivity index (χ4v) is 1.19. The number of rotatable bonds is 4. The van der Waals surface area contributed by atoms with Gasteiger partial charge in [-0.3, -0.25) is 0 Å². The van der Waals surface area contributed by atoms with Crippen molar-refractivity contribution < 1.29 is 14.0 Å². The molecule has 9 heavy (non-hydrogen) atoms. The molecule has 3 nitrogen and oxygen atoms in total. The molecule has 0 radical (unpaired) electrons. The Morgan fingerprint density at radius 3 is 2.89 bits per heavy atom. The zero-order valence-electron chi connectivity index (χ0n) is 5.33. The van der Waals surface area contributed by atoms with Gasteiger partial charge in [0.1, 0.15) is 10.5 Å². The second-order valence-electron chi connectivity index (χ2n) is 1.28. The maximum atomic E-state index is 8.72. The van der Waals surface area contributed by atoms with Crippen LogP contribution in [0.4, 0.5) is 0 Å². The van der Waals surface area contributed by atoms with E-state index in [9.17, 15) is 0 Å². The minimum atomic E-state index is -0.669. The van der Waals surface area contributed by atoms with Crippen molar-refractivity contribution in [1.82, 2.24) is 0 Å². The number of ether oxygens (including phenoxy) is 1. The molecule has 0 bridgehead atoms. The summed E-state index contributed by atoms with van der Waals surface area (Å²) in [6.45, 7) is 3.27. The quantitative estimate of drug-likeness (QED) is 0.420. The summed E-state index contributed by atoms with van der Waals surface area (Å²) in [4.78, 5) is 0. The van der Waals surface area contributed by atoms with Crippen LogP contribution in [0.15, 0.2) is 24.5 Å². The maximum Gasteiger partial charge on any atom is 0.274 e. The van der Waals surface area contributed by atoms with Crippen LogP contribution in [0.1, 0.15) is 0 Å². The summed E-state index contributed by atoms with van der Waals surface area (Å²) in [5.74, 6) is -0.104. The van der Waals surface area contributed by atoms with E-state index in [1.807, 2.05) is 0 Å². The Kier molecular flexibility index (Phi) is 5.28. The lowest BCUT2D eigenvalue weighted by molar-refractivity contribution is 0.170. The lowest BCUT2D eigenvalue weighted by Gasteiger charge is -1.94. The van der Waals surface area contributed by atoms with Gasteiger partial charge in [-0.1, -0.05) is 6.58 Å². The predicted octanol–water partition coefficient (Wildman–Crippen LogP) is -1.12. The zero-order valence-corrected chi connectivity index (χ0v) is 8.75. The number of hydrogen-bond donors (Lipinski definition) is 1. The summed E-state index contributed by atoms with van der Waals surface area (Å²) < 4.78 is 9.38. The Bertz CT molecular complexity index is 112. The molecule has 0 saturated heterocycles. The Morgan fingerprint density at radius 1 is 1.78 bits per heavy atom. The van der Waals surface area contributed by atoms with Gasteiger partial charge < -0.3 is 14.0 Å². The first-order valence-electron chi connectivity index (χ1n) is 2.47. The molecule has 0 spiro atoms. The average molecular weight is 162 g/mol. The second kappa shape index (κ2) is 5.61. The molecular weight excluding hydrogens is 152 g/mol. The van der Waals surface area contributed by atoms with Gasteiger partial charge in [-0.15, -0.1) is 0 Å². The Labute approximate surface area is 59.5 Å². The third kappa shape index (κ3) is 5.34. The van der Waals surface area contributed by atoms with Gasteiger partial charge in [0.2, 0.25) is 0 Å². The van der Waals surface area contributed by atoms with Crippen LogP contribution in [0.5, 0.6) is 0 Å². The molecule has 0 aliphatic carbocycles. The van der Waals surface area contributed by atoms with E-state index >= 15 is 0 Å². The normalized spacial score (nSPS) is 12.7. The molecule has 0 heterocycles. The molecule has 5 heteroatoms. The van der Waals surface area contributed by atoms with Crippen LogP contribution in [-0.2, 0) is 8.85 Å². The maximum absolute atomic E-state index is 8.72. The Hall–Kier alpha value is -0.526. The minimum absolute atomic E-state index is 0.104. The molecule has 0 aromatic rings. The molecule has 0 fully saturated rings. The van der Waals surface area contributed by atoms with Crippen molar-refractivity contribution in [3.63, 3.8) is 0 Å². The van der Waals surface area contributed by atoms with Crippen LogP contribution in [0.25, 0.3) is 0 Å². The largest absolute Gasteiger partial charge is 0.481 e. The SMILES string of the molecule is C=COC(O)=C[SiH2]O[SiH3]. The van der Waals surface area contributed by atoms with Gasteiger partial charge in [-0.05, 0) is 0 Å². The molecular formula is C4H10O3Si2. The van der Waals surface area contributed by atoms with E-state index in [1.54, 1.807) is 5.70 Å². The monoisotopic (exact) mass is 162 g/mol. The highest BCUT2D eigenvalue weighted by Crippen LogP contribution is 1.88. The first kappa shape index (κ1) is 8.47. The van der Waals surface area contributed by atoms with Crippen molar-refractivity contribution in [3.05, 3.63) is 24.5 Å². The van der Waals surface area contributed by atoms with Crippen molar-refractivity contribution >= 4 is 20.2 Å². The number of hydrogen-bond acceptors (Lipinski definition) is 3. The van der Waals surface area contributed by atoms with E-state index in [0.717, 1.165) is 10.5 Å². The van der Waals surface area contributed by atoms with Gasteiger partial charge in [-0.2, -0.15) is 0 Å². The van der Waals surface area contributed by atoms with Gasteiger partial charge in [0.15, 0.2) is 9.76 Å². The molecule has 0 unspecified atom stereocenters. The molecule has 0 aromatic carbocycles. The van der Waals surface area contributed by atoms with E-state index in [2.05, 4.69) is 11.3 Å². The summed E-state index contributed by atoms with van der Waals surface area (Å²) in [6.07, 6.45) is 1.17. The van der Waals surface area contributed by atoms with E-state index in [-0.39, 0.29) is 5.95 Å². The number of aliphatic hydroxyl groups is 1. The molecule has 52 valence electrons. The van der Waals surface area contributed by atoms with Crippen molar-refractivity contribution in [3.8, 4) is 0 Å². The Morgan fingerprint density at radius 2 is 2.44 bits per heavy atom. The molecule has 0 aliphatic heterocycles.